The predicted octanol–water partition coefficient (Wildman–Crippen LogP) is 7.08. The van der Waals surface area contributed by atoms with E-state index in [1.165, 1.54) is 5.69 Å². The molecule has 0 fully saturated rings. The maximum absolute atomic E-state index is 6.10. The fraction of sp³-hybridized carbons (Fsp3) is 0.333. The molecule has 2 aromatic rings. The van der Waals surface area contributed by atoms with E-state index in [2.05, 4.69) is 109 Å². The zero-order valence-corrected chi connectivity index (χ0v) is 21.0. The molecule has 0 amide bonds. The Morgan fingerprint density at radius 3 is 2.07 bits per heavy atom. The maximum Gasteiger partial charge on any atom is 0.102 e. The first-order chi connectivity index (χ1) is 13.8. The third kappa shape index (κ3) is 7.02. The second kappa shape index (κ2) is 11.6. The summed E-state index contributed by atoms with van der Waals surface area (Å²) >= 11 is 7.37. The predicted molar refractivity (Wildman–Crippen MR) is 134 cm³/mol. The van der Waals surface area contributed by atoms with Crippen LogP contribution in [-0.4, -0.2) is 34.8 Å². The molecule has 0 saturated carbocycles. The van der Waals surface area contributed by atoms with E-state index in [-0.39, 0.29) is 6.10 Å². The zero-order valence-electron chi connectivity index (χ0n) is 17.8. The van der Waals surface area contributed by atoms with Crippen LogP contribution in [0.3, 0.4) is 0 Å². The van der Waals surface area contributed by atoms with Crippen LogP contribution in [0.4, 0.5) is 11.4 Å². The number of nitrogens with zero attached hydrogens (tertiary/aromatic N) is 2. The van der Waals surface area contributed by atoms with Gasteiger partial charge in [-0.2, -0.15) is 0 Å². The van der Waals surface area contributed by atoms with Crippen molar-refractivity contribution < 1.29 is 4.74 Å². The van der Waals surface area contributed by atoms with E-state index in [1.807, 2.05) is 28.2 Å². The van der Waals surface area contributed by atoms with Crippen molar-refractivity contribution in [3.63, 3.8) is 0 Å². The van der Waals surface area contributed by atoms with Gasteiger partial charge in [-0.05, 0) is 41.8 Å². The van der Waals surface area contributed by atoms with Crippen LogP contribution in [0.25, 0.3) is 6.08 Å². The molecule has 0 bridgehead atoms. The van der Waals surface area contributed by atoms with Gasteiger partial charge in [-0.1, -0.05) is 75.2 Å². The topological polar surface area (TPSA) is 15.7 Å². The van der Waals surface area contributed by atoms with Gasteiger partial charge < -0.3 is 14.5 Å². The van der Waals surface area contributed by atoms with Crippen molar-refractivity contribution in [2.75, 3.05) is 44.6 Å². The highest BCUT2D eigenvalue weighted by molar-refractivity contribution is 9.10. The molecule has 2 aromatic carbocycles. The van der Waals surface area contributed by atoms with Crippen molar-refractivity contribution in [3.05, 3.63) is 74.7 Å². The number of benzene rings is 2. The number of allylic oxidation sites excluding steroid dienone is 2. The summed E-state index contributed by atoms with van der Waals surface area (Å²) in [5.74, 6) is 0. The molecule has 156 valence electrons. The molecule has 2 rings (SSSR count). The molecule has 5 heteroatoms. The Labute approximate surface area is 192 Å². The largest absolute Gasteiger partial charge is 0.378 e. The average molecular weight is 522 g/mol. The minimum Gasteiger partial charge on any atom is -0.378 e. The van der Waals surface area contributed by atoms with E-state index in [0.29, 0.717) is 0 Å². The minimum absolute atomic E-state index is 0.0928. The summed E-state index contributed by atoms with van der Waals surface area (Å²) in [6, 6.07) is 12.7. The summed E-state index contributed by atoms with van der Waals surface area (Å²) in [5.41, 5.74) is 4.60. The van der Waals surface area contributed by atoms with Crippen molar-refractivity contribution in [2.45, 2.75) is 19.4 Å². The van der Waals surface area contributed by atoms with Gasteiger partial charge in [0.1, 0.15) is 6.10 Å². The van der Waals surface area contributed by atoms with E-state index in [1.54, 1.807) is 0 Å². The van der Waals surface area contributed by atoms with Gasteiger partial charge in [0.05, 0.1) is 0 Å². The monoisotopic (exact) mass is 520 g/mol. The second-order valence-electron chi connectivity index (χ2n) is 7.24. The Kier molecular flexibility index (Phi) is 9.47. The van der Waals surface area contributed by atoms with Crippen LogP contribution >= 0.6 is 31.9 Å². The molecular weight excluding hydrogens is 492 g/mol. The standard InChI is InChI=1S/C24H30Br2N2O/c1-6-15-29-24(21-14-13-20(28(4)5)17-23(21)26)10-8-7-9-18-11-12-19(27(2)3)16-22(18)25/h7-14,16-17,24H,6,15H2,1-5H3/b9-7+,10-8+. The highest BCUT2D eigenvalue weighted by atomic mass is 79.9. The highest BCUT2D eigenvalue weighted by Gasteiger charge is 2.13. The van der Waals surface area contributed by atoms with Crippen LogP contribution in [-0.2, 0) is 4.74 Å². The molecule has 0 spiro atoms. The SMILES string of the molecule is CCCOC(/C=C/C=C/c1ccc(N(C)C)cc1Br)c1ccc(N(C)C)cc1Br. The molecule has 0 aliphatic rings. The minimum atomic E-state index is -0.0928. The number of hydrogen-bond acceptors (Lipinski definition) is 3. The Hall–Kier alpha value is -1.56. The molecular formula is C24H30Br2N2O. The summed E-state index contributed by atoms with van der Waals surface area (Å²) in [4.78, 5) is 4.18. The van der Waals surface area contributed by atoms with Gasteiger partial charge in [0.25, 0.3) is 0 Å². The zero-order chi connectivity index (χ0) is 21.4. The van der Waals surface area contributed by atoms with Crippen LogP contribution in [0, 0.1) is 0 Å². The van der Waals surface area contributed by atoms with Crippen molar-refractivity contribution in [1.29, 1.82) is 0 Å². The summed E-state index contributed by atoms with van der Waals surface area (Å²) in [6.45, 7) is 2.85. The van der Waals surface area contributed by atoms with Crippen molar-refractivity contribution in [3.8, 4) is 0 Å². The Bertz CT molecular complexity index is 860. The summed E-state index contributed by atoms with van der Waals surface area (Å²) < 4.78 is 8.23. The van der Waals surface area contributed by atoms with E-state index in [4.69, 9.17) is 4.74 Å². The first-order valence-corrected chi connectivity index (χ1v) is 11.3. The molecule has 1 unspecified atom stereocenters. The van der Waals surface area contributed by atoms with Crippen molar-refractivity contribution >= 4 is 49.3 Å². The lowest BCUT2D eigenvalue weighted by molar-refractivity contribution is 0.0854. The van der Waals surface area contributed by atoms with Gasteiger partial charge >= 0.3 is 0 Å². The van der Waals surface area contributed by atoms with Crippen LogP contribution in [0.15, 0.2) is 63.6 Å². The molecule has 0 saturated heterocycles. The number of ether oxygens (including phenoxy) is 1. The maximum atomic E-state index is 6.10. The summed E-state index contributed by atoms with van der Waals surface area (Å²) in [6.07, 6.45) is 9.20. The lowest BCUT2D eigenvalue weighted by atomic mass is 10.1. The smallest absolute Gasteiger partial charge is 0.102 e. The number of anilines is 2. The Balaban J connectivity index is 2.18. The fourth-order valence-corrected chi connectivity index (χ4v) is 3.86. The van der Waals surface area contributed by atoms with Crippen LogP contribution < -0.4 is 9.80 Å². The first-order valence-electron chi connectivity index (χ1n) is 9.73. The van der Waals surface area contributed by atoms with Gasteiger partial charge in [-0.25, -0.2) is 0 Å². The molecule has 0 heterocycles. The van der Waals surface area contributed by atoms with E-state index >= 15 is 0 Å². The van der Waals surface area contributed by atoms with Crippen molar-refractivity contribution in [1.82, 2.24) is 0 Å². The third-order valence-corrected chi connectivity index (χ3v) is 5.86. The molecule has 0 N–H and O–H groups in total. The second-order valence-corrected chi connectivity index (χ2v) is 8.94. The highest BCUT2D eigenvalue weighted by Crippen LogP contribution is 2.31. The van der Waals surface area contributed by atoms with Crippen molar-refractivity contribution in [2.24, 2.45) is 0 Å². The first kappa shape index (κ1) is 23.7. The molecule has 3 nitrogen and oxygen atoms in total. The molecule has 1 atom stereocenters. The van der Waals surface area contributed by atoms with Gasteiger partial charge in [-0.15, -0.1) is 0 Å². The van der Waals surface area contributed by atoms with Crippen LogP contribution in [0.1, 0.15) is 30.6 Å². The Morgan fingerprint density at radius 1 is 0.897 bits per heavy atom. The third-order valence-electron chi connectivity index (χ3n) is 4.48. The number of halogens is 2. The van der Waals surface area contributed by atoms with Gasteiger partial charge in [-0.3, -0.25) is 0 Å². The van der Waals surface area contributed by atoms with Crippen LogP contribution in [0.5, 0.6) is 0 Å². The van der Waals surface area contributed by atoms with E-state index < -0.39 is 0 Å². The van der Waals surface area contributed by atoms with Gasteiger partial charge in [0.15, 0.2) is 0 Å². The summed E-state index contributed by atoms with van der Waals surface area (Å²) in [7, 11) is 8.17. The number of hydrogen-bond donors (Lipinski definition) is 0. The fourth-order valence-electron chi connectivity index (χ4n) is 2.77. The molecule has 0 aromatic heterocycles. The molecule has 0 aliphatic heterocycles. The van der Waals surface area contributed by atoms with E-state index in [0.717, 1.165) is 38.8 Å². The lowest BCUT2D eigenvalue weighted by Crippen LogP contribution is -2.09. The van der Waals surface area contributed by atoms with E-state index in [9.17, 15) is 0 Å². The quantitative estimate of drug-likeness (QED) is 0.328. The Morgan fingerprint density at radius 2 is 1.52 bits per heavy atom. The molecule has 0 aliphatic carbocycles. The van der Waals surface area contributed by atoms with Gasteiger partial charge in [0, 0.05) is 55.1 Å². The molecule has 0 radical (unpaired) electrons. The van der Waals surface area contributed by atoms with Gasteiger partial charge in [0.2, 0.25) is 0 Å². The normalized spacial score (nSPS) is 12.7. The average Bonchev–Trinajstić information content (AvgIpc) is 2.68. The lowest BCUT2D eigenvalue weighted by Gasteiger charge is -2.19. The molecule has 29 heavy (non-hydrogen) atoms. The van der Waals surface area contributed by atoms with Crippen LogP contribution in [0.2, 0.25) is 0 Å². The number of rotatable bonds is 9. The summed E-state index contributed by atoms with van der Waals surface area (Å²) in [5, 5.41) is 0.